The lowest BCUT2D eigenvalue weighted by Gasteiger charge is -2.15. The highest BCUT2D eigenvalue weighted by Gasteiger charge is 2.19. The SMILES string of the molecule is C#CCCN(C)S(=O)(=O)c1cccc(Cl)c1. The van der Waals surface area contributed by atoms with Gasteiger partial charge in [0.15, 0.2) is 0 Å². The third-order valence-corrected chi connectivity index (χ3v) is 4.16. The molecular weight excluding hydrogens is 246 g/mol. The standard InChI is InChI=1S/C11H12ClNO2S/c1-3-4-8-13(2)16(14,15)11-7-5-6-10(12)9-11/h1,5-7,9H,4,8H2,2H3. The molecule has 0 unspecified atom stereocenters. The van der Waals surface area contributed by atoms with Gasteiger partial charge < -0.3 is 0 Å². The number of benzene rings is 1. The van der Waals surface area contributed by atoms with Crippen LogP contribution in [0.2, 0.25) is 5.02 Å². The van der Waals surface area contributed by atoms with Gasteiger partial charge in [-0.15, -0.1) is 12.3 Å². The zero-order valence-electron chi connectivity index (χ0n) is 8.85. The molecule has 0 amide bonds. The van der Waals surface area contributed by atoms with Gasteiger partial charge in [-0.3, -0.25) is 0 Å². The van der Waals surface area contributed by atoms with Crippen LogP contribution < -0.4 is 0 Å². The minimum Gasteiger partial charge on any atom is -0.207 e. The maximum Gasteiger partial charge on any atom is 0.242 e. The second-order valence-electron chi connectivity index (χ2n) is 3.24. The van der Waals surface area contributed by atoms with Gasteiger partial charge in [-0.25, -0.2) is 8.42 Å². The maximum absolute atomic E-state index is 12.0. The Balaban J connectivity index is 2.98. The average Bonchev–Trinajstić information content (AvgIpc) is 2.25. The van der Waals surface area contributed by atoms with Gasteiger partial charge in [0.2, 0.25) is 10.0 Å². The Morgan fingerprint density at radius 3 is 2.75 bits per heavy atom. The largest absolute Gasteiger partial charge is 0.242 e. The normalized spacial score (nSPS) is 11.4. The van der Waals surface area contributed by atoms with Crippen molar-refractivity contribution in [3.63, 3.8) is 0 Å². The highest BCUT2D eigenvalue weighted by Crippen LogP contribution is 2.18. The van der Waals surface area contributed by atoms with Gasteiger partial charge in [0.25, 0.3) is 0 Å². The number of nitrogens with zero attached hydrogens (tertiary/aromatic N) is 1. The molecule has 0 fully saturated rings. The van der Waals surface area contributed by atoms with Crippen LogP contribution in [0.5, 0.6) is 0 Å². The van der Waals surface area contributed by atoms with Crippen LogP contribution in [0.25, 0.3) is 0 Å². The van der Waals surface area contributed by atoms with Gasteiger partial charge in [0, 0.05) is 25.0 Å². The molecule has 1 aromatic rings. The predicted molar refractivity (Wildman–Crippen MR) is 64.7 cm³/mol. The van der Waals surface area contributed by atoms with E-state index in [2.05, 4.69) is 5.92 Å². The molecule has 0 saturated heterocycles. The molecule has 1 aromatic carbocycles. The van der Waals surface area contributed by atoms with E-state index in [1.165, 1.54) is 23.5 Å². The minimum absolute atomic E-state index is 0.180. The van der Waals surface area contributed by atoms with E-state index in [1.807, 2.05) is 0 Å². The third kappa shape index (κ3) is 2.99. The summed E-state index contributed by atoms with van der Waals surface area (Å²) < 4.78 is 25.2. The summed E-state index contributed by atoms with van der Waals surface area (Å²) in [6, 6.07) is 6.16. The zero-order valence-corrected chi connectivity index (χ0v) is 10.4. The summed E-state index contributed by atoms with van der Waals surface area (Å²) in [6.07, 6.45) is 5.48. The summed E-state index contributed by atoms with van der Waals surface area (Å²) >= 11 is 5.74. The molecule has 0 aliphatic carbocycles. The molecule has 86 valence electrons. The van der Waals surface area contributed by atoms with Gasteiger partial charge in [-0.05, 0) is 18.2 Å². The Hall–Kier alpha value is -1.02. The van der Waals surface area contributed by atoms with Crippen LogP contribution in [-0.2, 0) is 10.0 Å². The highest BCUT2D eigenvalue weighted by atomic mass is 35.5. The first-order valence-corrected chi connectivity index (χ1v) is 6.45. The van der Waals surface area contributed by atoms with Gasteiger partial charge >= 0.3 is 0 Å². The monoisotopic (exact) mass is 257 g/mol. The van der Waals surface area contributed by atoms with Crippen LogP contribution >= 0.6 is 11.6 Å². The molecule has 0 N–H and O–H groups in total. The number of hydrogen-bond donors (Lipinski definition) is 0. The molecular formula is C11H12ClNO2S. The lowest BCUT2D eigenvalue weighted by atomic mass is 10.4. The molecule has 0 bridgehead atoms. The fourth-order valence-electron chi connectivity index (χ4n) is 1.15. The second-order valence-corrected chi connectivity index (χ2v) is 5.72. The number of sulfonamides is 1. The minimum atomic E-state index is -3.48. The van der Waals surface area contributed by atoms with Crippen LogP contribution in [-0.4, -0.2) is 26.3 Å². The molecule has 0 atom stereocenters. The number of hydrogen-bond acceptors (Lipinski definition) is 2. The molecule has 3 nitrogen and oxygen atoms in total. The first-order chi connectivity index (χ1) is 7.48. The Morgan fingerprint density at radius 2 is 2.19 bits per heavy atom. The Kier molecular flexibility index (Phi) is 4.36. The molecule has 0 heterocycles. The summed E-state index contributed by atoms with van der Waals surface area (Å²) in [6.45, 7) is 0.297. The van der Waals surface area contributed by atoms with Crippen molar-refractivity contribution in [2.45, 2.75) is 11.3 Å². The van der Waals surface area contributed by atoms with Crippen LogP contribution in [0.4, 0.5) is 0 Å². The molecule has 0 aromatic heterocycles. The van der Waals surface area contributed by atoms with E-state index >= 15 is 0 Å². The van der Waals surface area contributed by atoms with E-state index in [0.29, 0.717) is 18.0 Å². The molecule has 5 heteroatoms. The smallest absolute Gasteiger partial charge is 0.207 e. The molecule has 0 spiro atoms. The molecule has 1 rings (SSSR count). The molecule has 0 aliphatic rings. The lowest BCUT2D eigenvalue weighted by Crippen LogP contribution is -2.27. The lowest BCUT2D eigenvalue weighted by molar-refractivity contribution is 0.477. The van der Waals surface area contributed by atoms with E-state index in [-0.39, 0.29) is 4.90 Å². The van der Waals surface area contributed by atoms with E-state index < -0.39 is 10.0 Å². The third-order valence-electron chi connectivity index (χ3n) is 2.08. The number of halogens is 1. The Bertz CT molecular complexity index is 505. The van der Waals surface area contributed by atoms with Crippen LogP contribution in [0.1, 0.15) is 6.42 Å². The summed E-state index contributed by atoms with van der Waals surface area (Å²) in [4.78, 5) is 0.180. The molecule has 0 aliphatic heterocycles. The van der Waals surface area contributed by atoms with Crippen LogP contribution in [0, 0.1) is 12.3 Å². The van der Waals surface area contributed by atoms with E-state index in [0.717, 1.165) is 0 Å². The van der Waals surface area contributed by atoms with Gasteiger partial charge in [0.1, 0.15) is 0 Å². The second kappa shape index (κ2) is 5.35. The van der Waals surface area contributed by atoms with Crippen molar-refractivity contribution in [2.75, 3.05) is 13.6 Å². The molecule has 16 heavy (non-hydrogen) atoms. The van der Waals surface area contributed by atoms with Crippen molar-refractivity contribution in [3.8, 4) is 12.3 Å². The Morgan fingerprint density at radius 1 is 1.50 bits per heavy atom. The van der Waals surface area contributed by atoms with E-state index in [9.17, 15) is 8.42 Å². The first-order valence-electron chi connectivity index (χ1n) is 4.64. The van der Waals surface area contributed by atoms with Gasteiger partial charge in [0.05, 0.1) is 4.90 Å². The van der Waals surface area contributed by atoms with Crippen molar-refractivity contribution in [1.82, 2.24) is 4.31 Å². The number of rotatable bonds is 4. The quantitative estimate of drug-likeness (QED) is 0.774. The number of terminal acetylenes is 1. The highest BCUT2D eigenvalue weighted by molar-refractivity contribution is 7.89. The van der Waals surface area contributed by atoms with E-state index in [1.54, 1.807) is 12.1 Å². The molecule has 0 saturated carbocycles. The summed E-state index contributed by atoms with van der Waals surface area (Å²) in [5.41, 5.74) is 0. The van der Waals surface area contributed by atoms with Crippen molar-refractivity contribution in [2.24, 2.45) is 0 Å². The predicted octanol–water partition coefficient (Wildman–Crippen LogP) is 1.98. The fraction of sp³-hybridized carbons (Fsp3) is 0.273. The molecule has 0 radical (unpaired) electrons. The average molecular weight is 258 g/mol. The van der Waals surface area contributed by atoms with Crippen LogP contribution in [0.15, 0.2) is 29.2 Å². The van der Waals surface area contributed by atoms with Crippen molar-refractivity contribution in [1.29, 1.82) is 0 Å². The summed E-state index contributed by atoms with van der Waals surface area (Å²) in [7, 11) is -1.99. The zero-order chi connectivity index (χ0) is 12.2. The van der Waals surface area contributed by atoms with Crippen molar-refractivity contribution in [3.05, 3.63) is 29.3 Å². The van der Waals surface area contributed by atoms with Gasteiger partial charge in [-0.1, -0.05) is 17.7 Å². The first kappa shape index (κ1) is 13.0. The van der Waals surface area contributed by atoms with E-state index in [4.69, 9.17) is 18.0 Å². The van der Waals surface area contributed by atoms with Crippen molar-refractivity contribution >= 4 is 21.6 Å². The summed E-state index contributed by atoms with van der Waals surface area (Å²) in [5.74, 6) is 2.40. The maximum atomic E-state index is 12.0. The van der Waals surface area contributed by atoms with Gasteiger partial charge in [-0.2, -0.15) is 4.31 Å². The fourth-order valence-corrected chi connectivity index (χ4v) is 2.62. The topological polar surface area (TPSA) is 37.4 Å². The Labute approximate surface area is 101 Å². The summed E-state index contributed by atoms with van der Waals surface area (Å²) in [5, 5.41) is 0.395. The van der Waals surface area contributed by atoms with Crippen molar-refractivity contribution < 1.29 is 8.42 Å². The van der Waals surface area contributed by atoms with Crippen LogP contribution in [0.3, 0.4) is 0 Å².